The van der Waals surface area contributed by atoms with E-state index >= 15 is 0 Å². The summed E-state index contributed by atoms with van der Waals surface area (Å²) in [5.74, 6) is -2.01. The molecule has 5 nitrogen and oxygen atoms in total. The van der Waals surface area contributed by atoms with Gasteiger partial charge in [-0.2, -0.15) is 0 Å². The van der Waals surface area contributed by atoms with E-state index in [0.717, 1.165) is 5.56 Å². The van der Waals surface area contributed by atoms with Crippen LogP contribution in [0, 0.1) is 6.92 Å². The fourth-order valence-corrected chi connectivity index (χ4v) is 2.81. The third-order valence-corrected chi connectivity index (χ3v) is 4.11. The first-order valence-corrected chi connectivity index (χ1v) is 8.33. The van der Waals surface area contributed by atoms with Crippen LogP contribution in [-0.4, -0.2) is 27.9 Å². The maximum absolute atomic E-state index is 11.1. The lowest BCUT2D eigenvalue weighted by Crippen LogP contribution is -2.06. The van der Waals surface area contributed by atoms with Gasteiger partial charge >= 0.3 is 11.9 Å². The van der Waals surface area contributed by atoms with E-state index in [1.54, 1.807) is 6.92 Å². The molecular formula is C22H20O5. The van der Waals surface area contributed by atoms with Crippen molar-refractivity contribution in [3.63, 3.8) is 0 Å². The summed E-state index contributed by atoms with van der Waals surface area (Å²) in [6, 6.07) is 18.4. The monoisotopic (exact) mass is 364 g/mol. The topological polar surface area (TPSA) is 91.7 Å². The number of hydrogen-bond donors (Lipinski definition) is 2. The molecule has 138 valence electrons. The summed E-state index contributed by atoms with van der Waals surface area (Å²) >= 11 is 0. The van der Waals surface area contributed by atoms with Crippen LogP contribution in [0.25, 0.3) is 10.8 Å². The molecule has 3 aromatic rings. The van der Waals surface area contributed by atoms with E-state index < -0.39 is 11.9 Å². The van der Waals surface area contributed by atoms with Gasteiger partial charge < -0.3 is 10.2 Å². The first kappa shape index (κ1) is 19.8. The van der Waals surface area contributed by atoms with Gasteiger partial charge in [-0.05, 0) is 47.9 Å². The summed E-state index contributed by atoms with van der Waals surface area (Å²) in [6.07, 6.45) is 0.529. The van der Waals surface area contributed by atoms with Gasteiger partial charge in [0, 0.05) is 6.42 Å². The largest absolute Gasteiger partial charge is 0.478 e. The quantitative estimate of drug-likeness (QED) is 0.717. The van der Waals surface area contributed by atoms with Crippen LogP contribution < -0.4 is 0 Å². The summed E-state index contributed by atoms with van der Waals surface area (Å²) < 4.78 is 0. The van der Waals surface area contributed by atoms with Gasteiger partial charge in [-0.15, -0.1) is 0 Å². The molecule has 0 saturated heterocycles. The van der Waals surface area contributed by atoms with Crippen molar-refractivity contribution in [2.75, 3.05) is 0 Å². The lowest BCUT2D eigenvalue weighted by molar-refractivity contribution is -0.116. The first-order valence-electron chi connectivity index (χ1n) is 8.33. The summed E-state index contributed by atoms with van der Waals surface area (Å²) in [5, 5.41) is 19.7. The molecular weight excluding hydrogens is 344 g/mol. The number of ketones is 1. The van der Waals surface area contributed by atoms with Crippen LogP contribution >= 0.6 is 0 Å². The summed E-state index contributed by atoms with van der Waals surface area (Å²) in [5.41, 5.74) is 1.46. The van der Waals surface area contributed by atoms with Crippen molar-refractivity contribution in [2.45, 2.75) is 20.3 Å². The number of carboxylic acids is 2. The van der Waals surface area contributed by atoms with Crippen molar-refractivity contribution in [3.05, 3.63) is 82.9 Å². The molecule has 3 rings (SSSR count). The van der Waals surface area contributed by atoms with Gasteiger partial charge in [0.2, 0.25) is 0 Å². The van der Waals surface area contributed by atoms with E-state index in [1.807, 2.05) is 24.3 Å². The van der Waals surface area contributed by atoms with E-state index in [4.69, 9.17) is 10.2 Å². The maximum Gasteiger partial charge on any atom is 0.335 e. The predicted molar refractivity (Wildman–Crippen MR) is 103 cm³/mol. The lowest BCUT2D eigenvalue weighted by Gasteiger charge is -2.03. The highest BCUT2D eigenvalue weighted by atomic mass is 16.4. The minimum atomic E-state index is -1.11. The average Bonchev–Trinajstić information content (AvgIpc) is 2.62. The standard InChI is InChI=1S/C13H12O.C9H8O4/c1-10(14)9-12-7-4-6-11-5-2-3-8-13(11)12;1-5-6(8(10)11)3-2-4-7(5)9(12)13/h2-8H,9H2,1H3;2-4H,1H3,(H,10,11)(H,12,13). The second kappa shape index (κ2) is 8.76. The second-order valence-corrected chi connectivity index (χ2v) is 6.11. The molecule has 0 unspecified atom stereocenters. The molecule has 2 N–H and O–H groups in total. The number of carboxylic acid groups (broad SMARTS) is 2. The molecule has 0 aliphatic heterocycles. The van der Waals surface area contributed by atoms with Gasteiger partial charge in [0.15, 0.2) is 0 Å². The number of fused-ring (bicyclic) bond motifs is 1. The van der Waals surface area contributed by atoms with E-state index in [0.29, 0.717) is 6.42 Å². The number of rotatable bonds is 4. The van der Waals surface area contributed by atoms with Crippen molar-refractivity contribution in [1.29, 1.82) is 0 Å². The molecule has 0 bridgehead atoms. The zero-order valence-corrected chi connectivity index (χ0v) is 15.1. The smallest absolute Gasteiger partial charge is 0.335 e. The molecule has 0 spiro atoms. The Bertz CT molecular complexity index is 967. The lowest BCUT2D eigenvalue weighted by atomic mass is 10.0. The minimum Gasteiger partial charge on any atom is -0.478 e. The number of aromatic carboxylic acids is 2. The maximum atomic E-state index is 11.1. The SMILES string of the molecule is CC(=O)Cc1cccc2ccccc12.Cc1c(C(=O)O)cccc1C(=O)O. The Hall–Kier alpha value is -3.47. The minimum absolute atomic E-state index is 0.0277. The van der Waals surface area contributed by atoms with Gasteiger partial charge in [0.1, 0.15) is 5.78 Å². The van der Waals surface area contributed by atoms with Gasteiger partial charge in [0.05, 0.1) is 11.1 Å². The van der Waals surface area contributed by atoms with Gasteiger partial charge in [-0.3, -0.25) is 4.79 Å². The van der Waals surface area contributed by atoms with E-state index in [9.17, 15) is 14.4 Å². The molecule has 0 radical (unpaired) electrons. The Morgan fingerprint density at radius 3 is 1.85 bits per heavy atom. The Morgan fingerprint density at radius 1 is 0.778 bits per heavy atom. The third kappa shape index (κ3) is 5.01. The van der Waals surface area contributed by atoms with Gasteiger partial charge in [0.25, 0.3) is 0 Å². The van der Waals surface area contributed by atoms with Crippen molar-refractivity contribution < 1.29 is 24.6 Å². The van der Waals surface area contributed by atoms with E-state index in [2.05, 4.69) is 18.2 Å². The van der Waals surface area contributed by atoms with Gasteiger partial charge in [-0.1, -0.05) is 48.5 Å². The van der Waals surface area contributed by atoms with E-state index in [1.165, 1.54) is 35.9 Å². The third-order valence-electron chi connectivity index (χ3n) is 4.11. The molecule has 0 atom stereocenters. The molecule has 0 amide bonds. The van der Waals surface area contributed by atoms with Crippen molar-refractivity contribution in [1.82, 2.24) is 0 Å². The highest BCUT2D eigenvalue weighted by Gasteiger charge is 2.13. The van der Waals surface area contributed by atoms with Crippen LogP contribution in [0.5, 0.6) is 0 Å². The zero-order valence-electron chi connectivity index (χ0n) is 15.1. The van der Waals surface area contributed by atoms with Crippen molar-refractivity contribution in [3.8, 4) is 0 Å². The molecule has 0 fully saturated rings. The summed E-state index contributed by atoms with van der Waals surface area (Å²) in [6.45, 7) is 3.11. The molecule has 0 aromatic heterocycles. The summed E-state index contributed by atoms with van der Waals surface area (Å²) in [7, 11) is 0. The molecule has 0 aliphatic carbocycles. The zero-order chi connectivity index (χ0) is 20.0. The number of Topliss-reactive ketones (excluding diaryl/α,β-unsaturated/α-hetero) is 1. The number of carbonyl (C=O) groups excluding carboxylic acids is 1. The molecule has 0 saturated carbocycles. The van der Waals surface area contributed by atoms with Crippen LogP contribution in [0.1, 0.15) is 38.8 Å². The Morgan fingerprint density at radius 2 is 1.30 bits per heavy atom. The molecule has 0 heterocycles. The number of hydrogen-bond acceptors (Lipinski definition) is 3. The molecule has 27 heavy (non-hydrogen) atoms. The fourth-order valence-electron chi connectivity index (χ4n) is 2.81. The summed E-state index contributed by atoms with van der Waals surface area (Å²) in [4.78, 5) is 32.3. The highest BCUT2D eigenvalue weighted by Crippen LogP contribution is 2.18. The molecule has 3 aromatic carbocycles. The van der Waals surface area contributed by atoms with Crippen LogP contribution in [0.4, 0.5) is 0 Å². The fraction of sp³-hybridized carbons (Fsp3) is 0.136. The van der Waals surface area contributed by atoms with Gasteiger partial charge in [-0.25, -0.2) is 9.59 Å². The first-order chi connectivity index (χ1) is 12.8. The van der Waals surface area contributed by atoms with Crippen molar-refractivity contribution >= 4 is 28.5 Å². The van der Waals surface area contributed by atoms with Crippen LogP contribution in [0.15, 0.2) is 60.7 Å². The highest BCUT2D eigenvalue weighted by molar-refractivity contribution is 5.96. The average molecular weight is 364 g/mol. The Balaban J connectivity index is 0.000000194. The second-order valence-electron chi connectivity index (χ2n) is 6.11. The number of benzene rings is 3. The number of carbonyl (C=O) groups is 3. The van der Waals surface area contributed by atoms with Crippen LogP contribution in [-0.2, 0) is 11.2 Å². The van der Waals surface area contributed by atoms with Crippen LogP contribution in [0.2, 0.25) is 0 Å². The Labute approximate surface area is 156 Å². The Kier molecular flexibility index (Phi) is 6.44. The van der Waals surface area contributed by atoms with Crippen LogP contribution in [0.3, 0.4) is 0 Å². The van der Waals surface area contributed by atoms with E-state index in [-0.39, 0.29) is 22.5 Å². The molecule has 5 heteroatoms. The molecule has 0 aliphatic rings. The predicted octanol–water partition coefficient (Wildman–Crippen LogP) is 4.36. The van der Waals surface area contributed by atoms with Crippen molar-refractivity contribution in [2.24, 2.45) is 0 Å². The normalized spacial score (nSPS) is 10.0.